The molecule has 0 saturated heterocycles. The summed E-state index contributed by atoms with van der Waals surface area (Å²) in [6.45, 7) is 3.83. The molecule has 0 aromatic heterocycles. The zero-order valence-electron chi connectivity index (χ0n) is 10.7. The number of halogens is 3. The molecule has 1 nitrogen and oxygen atoms in total. The Morgan fingerprint density at radius 3 is 2.47 bits per heavy atom. The molecule has 0 amide bonds. The van der Waals surface area contributed by atoms with E-state index in [9.17, 15) is 8.78 Å². The average molecular weight is 326 g/mol. The van der Waals surface area contributed by atoms with Gasteiger partial charge in [-0.3, -0.25) is 0 Å². The van der Waals surface area contributed by atoms with Crippen molar-refractivity contribution >= 4 is 21.6 Å². The highest BCUT2D eigenvalue weighted by Gasteiger charge is 2.11. The summed E-state index contributed by atoms with van der Waals surface area (Å²) in [6.07, 6.45) is 0. The van der Waals surface area contributed by atoms with Gasteiger partial charge in [-0.25, -0.2) is 8.78 Å². The Hall–Kier alpha value is -1.42. The van der Waals surface area contributed by atoms with Gasteiger partial charge in [0, 0.05) is 21.8 Å². The van der Waals surface area contributed by atoms with Crippen LogP contribution in [0, 0.1) is 18.6 Å². The summed E-state index contributed by atoms with van der Waals surface area (Å²) in [5, 5.41) is 3.21. The van der Waals surface area contributed by atoms with Crippen LogP contribution in [-0.2, 0) is 0 Å². The number of nitrogens with one attached hydrogen (secondary N) is 1. The molecule has 0 aliphatic rings. The SMILES string of the molecule is Cc1cc(Br)cc(NC(C)c2ccc(F)cc2F)c1. The minimum atomic E-state index is -0.563. The Labute approximate surface area is 119 Å². The van der Waals surface area contributed by atoms with Gasteiger partial charge in [0.1, 0.15) is 11.6 Å². The van der Waals surface area contributed by atoms with E-state index in [1.807, 2.05) is 32.0 Å². The fraction of sp³-hybridized carbons (Fsp3) is 0.200. The van der Waals surface area contributed by atoms with Gasteiger partial charge >= 0.3 is 0 Å². The molecule has 2 aromatic carbocycles. The van der Waals surface area contributed by atoms with Crippen LogP contribution < -0.4 is 5.32 Å². The van der Waals surface area contributed by atoms with Gasteiger partial charge in [-0.05, 0) is 43.7 Å². The summed E-state index contributed by atoms with van der Waals surface area (Å²) in [6, 6.07) is 9.28. The van der Waals surface area contributed by atoms with E-state index in [1.165, 1.54) is 12.1 Å². The highest BCUT2D eigenvalue weighted by molar-refractivity contribution is 9.10. The van der Waals surface area contributed by atoms with Crippen molar-refractivity contribution in [1.29, 1.82) is 0 Å². The van der Waals surface area contributed by atoms with Crippen LogP contribution in [0.15, 0.2) is 40.9 Å². The maximum atomic E-state index is 13.7. The van der Waals surface area contributed by atoms with Crippen LogP contribution >= 0.6 is 15.9 Å². The molecule has 2 aromatic rings. The van der Waals surface area contributed by atoms with Gasteiger partial charge in [0.2, 0.25) is 0 Å². The van der Waals surface area contributed by atoms with Crippen molar-refractivity contribution in [2.24, 2.45) is 0 Å². The van der Waals surface area contributed by atoms with E-state index in [2.05, 4.69) is 21.2 Å². The predicted molar refractivity (Wildman–Crippen MR) is 77.3 cm³/mol. The quantitative estimate of drug-likeness (QED) is 0.816. The monoisotopic (exact) mass is 325 g/mol. The van der Waals surface area contributed by atoms with Crippen molar-refractivity contribution in [3.8, 4) is 0 Å². The third-order valence-electron chi connectivity index (χ3n) is 2.85. The Morgan fingerprint density at radius 2 is 1.84 bits per heavy atom. The number of anilines is 1. The number of rotatable bonds is 3. The second-order valence-corrected chi connectivity index (χ2v) is 5.46. The first-order valence-electron chi connectivity index (χ1n) is 5.94. The number of benzene rings is 2. The molecule has 0 bridgehead atoms. The van der Waals surface area contributed by atoms with E-state index in [1.54, 1.807) is 0 Å². The zero-order valence-corrected chi connectivity index (χ0v) is 12.3. The summed E-state index contributed by atoms with van der Waals surface area (Å²) in [7, 11) is 0. The number of hydrogen-bond donors (Lipinski definition) is 1. The first kappa shape index (κ1) is 14.0. The molecule has 0 aliphatic carbocycles. The molecule has 2 rings (SSSR count). The molecule has 0 saturated carbocycles. The van der Waals surface area contributed by atoms with Gasteiger partial charge in [-0.15, -0.1) is 0 Å². The highest BCUT2D eigenvalue weighted by Crippen LogP contribution is 2.25. The molecule has 1 atom stereocenters. The molecule has 1 unspecified atom stereocenters. The fourth-order valence-corrected chi connectivity index (χ4v) is 2.61. The second kappa shape index (κ2) is 5.70. The number of hydrogen-bond acceptors (Lipinski definition) is 1. The summed E-state index contributed by atoms with van der Waals surface area (Å²) < 4.78 is 27.5. The first-order valence-corrected chi connectivity index (χ1v) is 6.73. The molecule has 0 radical (unpaired) electrons. The largest absolute Gasteiger partial charge is 0.378 e. The Kier molecular flexibility index (Phi) is 4.20. The normalized spacial score (nSPS) is 12.3. The van der Waals surface area contributed by atoms with E-state index in [0.29, 0.717) is 5.56 Å². The summed E-state index contributed by atoms with van der Waals surface area (Å²) >= 11 is 3.42. The topological polar surface area (TPSA) is 12.0 Å². The lowest BCUT2D eigenvalue weighted by Crippen LogP contribution is -2.09. The lowest BCUT2D eigenvalue weighted by molar-refractivity contribution is 0.566. The summed E-state index contributed by atoms with van der Waals surface area (Å²) in [5.74, 6) is -1.10. The van der Waals surface area contributed by atoms with Crippen LogP contribution in [0.1, 0.15) is 24.1 Å². The van der Waals surface area contributed by atoms with Crippen LogP contribution in [0.25, 0.3) is 0 Å². The standard InChI is InChI=1S/C15H14BrF2N/c1-9-5-11(16)7-13(6-9)19-10(2)14-4-3-12(17)8-15(14)18/h3-8,10,19H,1-2H3. The van der Waals surface area contributed by atoms with E-state index in [4.69, 9.17) is 0 Å². The molecular formula is C15H14BrF2N. The van der Waals surface area contributed by atoms with Crippen molar-refractivity contribution in [2.75, 3.05) is 5.32 Å². The van der Waals surface area contributed by atoms with Crippen LogP contribution in [0.5, 0.6) is 0 Å². The fourth-order valence-electron chi connectivity index (χ4n) is 2.00. The van der Waals surface area contributed by atoms with Crippen molar-refractivity contribution in [3.05, 3.63) is 63.6 Å². The van der Waals surface area contributed by atoms with E-state index in [0.717, 1.165) is 21.8 Å². The Morgan fingerprint density at radius 1 is 1.11 bits per heavy atom. The summed E-state index contributed by atoms with van der Waals surface area (Å²) in [5.41, 5.74) is 2.44. The van der Waals surface area contributed by atoms with Crippen LogP contribution in [0.3, 0.4) is 0 Å². The molecular weight excluding hydrogens is 312 g/mol. The first-order chi connectivity index (χ1) is 8.95. The maximum absolute atomic E-state index is 13.7. The molecule has 4 heteroatoms. The van der Waals surface area contributed by atoms with Crippen LogP contribution in [-0.4, -0.2) is 0 Å². The lowest BCUT2D eigenvalue weighted by Gasteiger charge is -2.17. The van der Waals surface area contributed by atoms with E-state index < -0.39 is 11.6 Å². The Balaban J connectivity index is 2.22. The van der Waals surface area contributed by atoms with Gasteiger partial charge in [0.05, 0.1) is 6.04 Å². The minimum Gasteiger partial charge on any atom is -0.378 e. The van der Waals surface area contributed by atoms with Crippen molar-refractivity contribution in [3.63, 3.8) is 0 Å². The third-order valence-corrected chi connectivity index (χ3v) is 3.31. The minimum absolute atomic E-state index is 0.241. The lowest BCUT2D eigenvalue weighted by atomic mass is 10.1. The molecule has 0 heterocycles. The molecule has 0 aliphatic heterocycles. The highest BCUT2D eigenvalue weighted by atomic mass is 79.9. The van der Waals surface area contributed by atoms with Crippen molar-refractivity contribution in [1.82, 2.24) is 0 Å². The molecule has 100 valence electrons. The molecule has 0 spiro atoms. The number of aryl methyl sites for hydroxylation is 1. The van der Waals surface area contributed by atoms with Crippen LogP contribution in [0.4, 0.5) is 14.5 Å². The van der Waals surface area contributed by atoms with Gasteiger partial charge < -0.3 is 5.32 Å². The molecule has 19 heavy (non-hydrogen) atoms. The average Bonchev–Trinajstić information content (AvgIpc) is 2.26. The van der Waals surface area contributed by atoms with E-state index >= 15 is 0 Å². The summed E-state index contributed by atoms with van der Waals surface area (Å²) in [4.78, 5) is 0. The third kappa shape index (κ3) is 3.53. The van der Waals surface area contributed by atoms with Crippen LogP contribution in [0.2, 0.25) is 0 Å². The van der Waals surface area contributed by atoms with Crippen molar-refractivity contribution < 1.29 is 8.78 Å². The Bertz CT molecular complexity index is 578. The van der Waals surface area contributed by atoms with Gasteiger partial charge in [0.25, 0.3) is 0 Å². The van der Waals surface area contributed by atoms with E-state index in [-0.39, 0.29) is 6.04 Å². The van der Waals surface area contributed by atoms with Crippen molar-refractivity contribution in [2.45, 2.75) is 19.9 Å². The smallest absolute Gasteiger partial charge is 0.131 e. The molecule has 1 N–H and O–H groups in total. The van der Waals surface area contributed by atoms with Gasteiger partial charge in [0.15, 0.2) is 0 Å². The van der Waals surface area contributed by atoms with Gasteiger partial charge in [-0.2, -0.15) is 0 Å². The van der Waals surface area contributed by atoms with Gasteiger partial charge in [-0.1, -0.05) is 22.0 Å². The predicted octanol–water partition coefficient (Wildman–Crippen LogP) is 5.21. The molecule has 0 fully saturated rings. The second-order valence-electron chi connectivity index (χ2n) is 4.55. The zero-order chi connectivity index (χ0) is 14.0. The maximum Gasteiger partial charge on any atom is 0.131 e.